The number of urea groups is 1. The Kier molecular flexibility index (Phi) is 4.03. The van der Waals surface area contributed by atoms with Crippen molar-refractivity contribution in [3.8, 4) is 0 Å². The molecule has 24 heavy (non-hydrogen) atoms. The van der Waals surface area contributed by atoms with Gasteiger partial charge in [0.25, 0.3) is 0 Å². The molecule has 0 spiro atoms. The van der Waals surface area contributed by atoms with E-state index >= 15 is 0 Å². The first-order valence-electron chi connectivity index (χ1n) is 6.87. The second-order valence-corrected chi connectivity index (χ2v) is 4.91. The van der Waals surface area contributed by atoms with Gasteiger partial charge in [-0.15, -0.1) is 0 Å². The lowest BCUT2D eigenvalue weighted by Crippen LogP contribution is -2.19. The molecule has 1 aromatic carbocycles. The number of amides is 2. The van der Waals surface area contributed by atoms with Gasteiger partial charge in [-0.25, -0.2) is 4.79 Å². The van der Waals surface area contributed by atoms with Crippen LogP contribution in [-0.2, 0) is 6.18 Å². The normalized spacial score (nSPS) is 11.3. The summed E-state index contributed by atoms with van der Waals surface area (Å²) in [4.78, 5) is 19.8. The third-order valence-corrected chi connectivity index (χ3v) is 3.24. The third kappa shape index (κ3) is 3.43. The van der Waals surface area contributed by atoms with Crippen LogP contribution in [0.5, 0.6) is 0 Å². The van der Waals surface area contributed by atoms with Crippen molar-refractivity contribution in [2.45, 2.75) is 6.18 Å². The van der Waals surface area contributed by atoms with Gasteiger partial charge < -0.3 is 10.6 Å². The minimum Gasteiger partial charge on any atom is -0.307 e. The molecule has 0 fully saturated rings. The average Bonchev–Trinajstić information content (AvgIpc) is 2.54. The van der Waals surface area contributed by atoms with Crippen LogP contribution >= 0.6 is 0 Å². The number of carbonyl (C=O) groups is 1. The molecular weight excluding hydrogens is 321 g/mol. The van der Waals surface area contributed by atoms with Gasteiger partial charge in [-0.3, -0.25) is 9.97 Å². The first-order valence-corrected chi connectivity index (χ1v) is 6.87. The first-order chi connectivity index (χ1) is 11.4. The maximum atomic E-state index is 12.8. The van der Waals surface area contributed by atoms with Crippen LogP contribution in [0, 0.1) is 0 Å². The number of carbonyl (C=O) groups excluding carboxylic acids is 1. The smallest absolute Gasteiger partial charge is 0.307 e. The number of halogens is 3. The molecule has 0 bridgehead atoms. The Bertz CT molecular complexity index is 881. The summed E-state index contributed by atoms with van der Waals surface area (Å²) in [7, 11) is 0. The predicted molar refractivity (Wildman–Crippen MR) is 83.6 cm³/mol. The van der Waals surface area contributed by atoms with Crippen molar-refractivity contribution in [2.75, 3.05) is 10.6 Å². The molecule has 3 aromatic rings. The van der Waals surface area contributed by atoms with E-state index < -0.39 is 17.8 Å². The molecular formula is C16H11F3N4O. The summed E-state index contributed by atoms with van der Waals surface area (Å²) in [5.74, 6) is 0. The van der Waals surface area contributed by atoms with Gasteiger partial charge in [-0.2, -0.15) is 13.2 Å². The molecule has 0 aliphatic rings. The molecule has 0 atom stereocenters. The van der Waals surface area contributed by atoms with E-state index in [0.29, 0.717) is 16.8 Å². The van der Waals surface area contributed by atoms with Gasteiger partial charge in [-0.05, 0) is 30.3 Å². The van der Waals surface area contributed by atoms with Gasteiger partial charge in [0, 0.05) is 17.8 Å². The van der Waals surface area contributed by atoms with Crippen molar-refractivity contribution in [1.82, 2.24) is 9.97 Å². The van der Waals surface area contributed by atoms with Crippen LogP contribution in [0.4, 0.5) is 29.3 Å². The van der Waals surface area contributed by atoms with Crippen LogP contribution in [0.1, 0.15) is 5.56 Å². The molecule has 0 unspecified atom stereocenters. The molecule has 2 aromatic heterocycles. The van der Waals surface area contributed by atoms with Crippen molar-refractivity contribution >= 4 is 28.3 Å². The van der Waals surface area contributed by atoms with E-state index in [9.17, 15) is 18.0 Å². The Morgan fingerprint density at radius 3 is 2.58 bits per heavy atom. The highest BCUT2D eigenvalue weighted by Gasteiger charge is 2.30. The lowest BCUT2D eigenvalue weighted by Gasteiger charge is -2.11. The zero-order chi connectivity index (χ0) is 17.2. The number of anilines is 2. The molecule has 8 heteroatoms. The molecule has 0 radical (unpaired) electrons. The van der Waals surface area contributed by atoms with E-state index in [4.69, 9.17) is 0 Å². The molecule has 0 aliphatic heterocycles. The second-order valence-electron chi connectivity index (χ2n) is 4.91. The molecule has 2 heterocycles. The standard InChI is InChI=1S/C16H11F3N4O/c17-16(18,19)10-3-4-12-13(5-7-21-14(12)8-10)23-15(24)22-11-2-1-6-20-9-11/h1-9H,(H2,21,22,23,24). The molecule has 2 amide bonds. The Balaban J connectivity index is 1.86. The van der Waals surface area contributed by atoms with E-state index in [1.807, 2.05) is 0 Å². The minimum absolute atomic E-state index is 0.143. The molecule has 122 valence electrons. The Morgan fingerprint density at radius 2 is 1.88 bits per heavy atom. The fraction of sp³-hybridized carbons (Fsp3) is 0.0625. The fourth-order valence-corrected chi connectivity index (χ4v) is 2.15. The summed E-state index contributed by atoms with van der Waals surface area (Å²) in [6, 6.07) is 7.48. The first kappa shape index (κ1) is 15.7. The molecule has 0 saturated heterocycles. The van der Waals surface area contributed by atoms with Gasteiger partial charge in [-0.1, -0.05) is 6.07 Å². The number of hydrogen-bond donors (Lipinski definition) is 2. The Morgan fingerprint density at radius 1 is 1.04 bits per heavy atom. The summed E-state index contributed by atoms with van der Waals surface area (Å²) >= 11 is 0. The number of rotatable bonds is 2. The fourth-order valence-electron chi connectivity index (χ4n) is 2.15. The number of hydrogen-bond acceptors (Lipinski definition) is 3. The number of nitrogens with zero attached hydrogens (tertiary/aromatic N) is 2. The number of aromatic nitrogens is 2. The van der Waals surface area contributed by atoms with Gasteiger partial charge in [0.2, 0.25) is 0 Å². The number of alkyl halides is 3. The van der Waals surface area contributed by atoms with Gasteiger partial charge in [0.05, 0.1) is 28.7 Å². The summed E-state index contributed by atoms with van der Waals surface area (Å²) in [5.41, 5.74) is 0.200. The highest BCUT2D eigenvalue weighted by Crippen LogP contribution is 2.32. The molecule has 2 N–H and O–H groups in total. The Labute approximate surface area is 134 Å². The molecule has 3 rings (SSSR count). The van der Waals surface area contributed by atoms with Crippen LogP contribution in [-0.4, -0.2) is 16.0 Å². The number of benzene rings is 1. The quantitative estimate of drug-likeness (QED) is 0.735. The lowest BCUT2D eigenvalue weighted by molar-refractivity contribution is -0.137. The van der Waals surface area contributed by atoms with E-state index in [2.05, 4.69) is 20.6 Å². The minimum atomic E-state index is -4.45. The number of nitrogens with one attached hydrogen (secondary N) is 2. The van der Waals surface area contributed by atoms with E-state index in [0.717, 1.165) is 12.1 Å². The van der Waals surface area contributed by atoms with Crippen LogP contribution in [0.15, 0.2) is 55.0 Å². The largest absolute Gasteiger partial charge is 0.416 e. The highest BCUT2D eigenvalue weighted by atomic mass is 19.4. The monoisotopic (exact) mass is 332 g/mol. The molecule has 0 saturated carbocycles. The summed E-state index contributed by atoms with van der Waals surface area (Å²) in [6.45, 7) is 0. The zero-order valence-corrected chi connectivity index (χ0v) is 12.1. The number of fused-ring (bicyclic) bond motifs is 1. The van der Waals surface area contributed by atoms with Gasteiger partial charge >= 0.3 is 12.2 Å². The number of pyridine rings is 2. The summed E-state index contributed by atoms with van der Waals surface area (Å²) in [5, 5.41) is 5.58. The topological polar surface area (TPSA) is 66.9 Å². The highest BCUT2D eigenvalue weighted by molar-refractivity contribution is 6.05. The molecule has 0 aliphatic carbocycles. The maximum absolute atomic E-state index is 12.8. The van der Waals surface area contributed by atoms with Crippen molar-refractivity contribution < 1.29 is 18.0 Å². The Hall–Kier alpha value is -3.16. The van der Waals surface area contributed by atoms with E-state index in [-0.39, 0.29) is 5.52 Å². The van der Waals surface area contributed by atoms with Crippen LogP contribution in [0.3, 0.4) is 0 Å². The van der Waals surface area contributed by atoms with Crippen LogP contribution < -0.4 is 10.6 Å². The van der Waals surface area contributed by atoms with Crippen LogP contribution in [0.2, 0.25) is 0 Å². The van der Waals surface area contributed by atoms with Gasteiger partial charge in [0.1, 0.15) is 0 Å². The zero-order valence-electron chi connectivity index (χ0n) is 12.1. The van der Waals surface area contributed by atoms with Crippen molar-refractivity contribution in [2.24, 2.45) is 0 Å². The van der Waals surface area contributed by atoms with Crippen molar-refractivity contribution in [3.05, 3.63) is 60.6 Å². The average molecular weight is 332 g/mol. The third-order valence-electron chi connectivity index (χ3n) is 3.24. The lowest BCUT2D eigenvalue weighted by atomic mass is 10.1. The SMILES string of the molecule is O=C(Nc1cccnc1)Nc1ccnc2cc(C(F)(F)F)ccc12. The van der Waals surface area contributed by atoms with Crippen LogP contribution in [0.25, 0.3) is 10.9 Å². The molecule has 5 nitrogen and oxygen atoms in total. The van der Waals surface area contributed by atoms with Gasteiger partial charge in [0.15, 0.2) is 0 Å². The van der Waals surface area contributed by atoms with Crippen molar-refractivity contribution in [1.29, 1.82) is 0 Å². The summed E-state index contributed by atoms with van der Waals surface area (Å²) < 4.78 is 38.3. The summed E-state index contributed by atoms with van der Waals surface area (Å²) in [6.07, 6.45) is -0.0727. The van der Waals surface area contributed by atoms with E-state index in [1.165, 1.54) is 24.5 Å². The second kappa shape index (κ2) is 6.15. The maximum Gasteiger partial charge on any atom is 0.416 e. The predicted octanol–water partition coefficient (Wildman–Crippen LogP) is 4.29. The van der Waals surface area contributed by atoms with E-state index in [1.54, 1.807) is 18.3 Å². The van der Waals surface area contributed by atoms with Crippen molar-refractivity contribution in [3.63, 3.8) is 0 Å².